The van der Waals surface area contributed by atoms with E-state index in [1.807, 2.05) is 0 Å². The lowest BCUT2D eigenvalue weighted by molar-refractivity contribution is 0.00877. The largest absolute Gasteiger partial charge is 0.369 e. The van der Waals surface area contributed by atoms with Gasteiger partial charge >= 0.3 is 0 Å². The molecule has 1 aliphatic heterocycles. The first-order valence-corrected chi connectivity index (χ1v) is 5.86. The van der Waals surface area contributed by atoms with Crippen molar-refractivity contribution >= 4 is 17.1 Å². The number of nitroso groups, excluding NO2 is 1. The number of anilines is 1. The predicted octanol–water partition coefficient (Wildman–Crippen LogP) is 0.146. The minimum atomic E-state index is -0.384. The second-order valence-corrected chi connectivity index (χ2v) is 4.38. The van der Waals surface area contributed by atoms with E-state index >= 15 is 0 Å². The summed E-state index contributed by atoms with van der Waals surface area (Å²) in [4.78, 5) is 32.3. The number of rotatable bonds is 3. The molecule has 9 heteroatoms. The molecule has 1 fully saturated rings. The van der Waals surface area contributed by atoms with Crippen molar-refractivity contribution in [2.45, 2.75) is 25.2 Å². The number of nitrogen functional groups attached to an aromatic ring is 1. The molecule has 3 N–H and O–H groups in total. The number of fused-ring (bicyclic) bond motifs is 1. The minimum absolute atomic E-state index is 0.0309. The normalized spacial score (nSPS) is 22.9. The lowest BCUT2D eigenvalue weighted by Crippen LogP contribution is -2.15. The van der Waals surface area contributed by atoms with Crippen LogP contribution in [0.25, 0.3) is 11.2 Å². The second-order valence-electron chi connectivity index (χ2n) is 4.38. The highest BCUT2D eigenvalue weighted by molar-refractivity contribution is 5.70. The van der Waals surface area contributed by atoms with Crippen LogP contribution in [0.15, 0.2) is 16.3 Å². The maximum atomic E-state index is 11.6. The molecule has 1 unspecified atom stereocenters. The van der Waals surface area contributed by atoms with Gasteiger partial charge in [-0.3, -0.25) is 14.3 Å². The molecule has 2 atom stereocenters. The van der Waals surface area contributed by atoms with Gasteiger partial charge in [0, 0.05) is 0 Å². The van der Waals surface area contributed by atoms with Crippen molar-refractivity contribution in [3.8, 4) is 0 Å². The summed E-state index contributed by atoms with van der Waals surface area (Å²) < 4.78 is 7.33. The highest BCUT2D eigenvalue weighted by Crippen LogP contribution is 2.29. The molecule has 9 nitrogen and oxygen atoms in total. The molecule has 1 saturated heterocycles. The van der Waals surface area contributed by atoms with E-state index in [2.05, 4.69) is 20.1 Å². The Bertz CT molecular complexity index is 677. The van der Waals surface area contributed by atoms with Crippen LogP contribution >= 0.6 is 0 Å². The number of H-pyrrole nitrogens is 1. The fraction of sp³-hybridized carbons (Fsp3) is 0.500. The number of imidazole rings is 1. The average Bonchev–Trinajstić information content (AvgIpc) is 2.95. The van der Waals surface area contributed by atoms with Crippen molar-refractivity contribution < 1.29 is 4.74 Å². The van der Waals surface area contributed by atoms with Crippen molar-refractivity contribution in [1.82, 2.24) is 19.5 Å². The topological polar surface area (TPSA) is 128 Å². The van der Waals surface area contributed by atoms with Crippen LogP contribution in [0.3, 0.4) is 0 Å². The fourth-order valence-corrected chi connectivity index (χ4v) is 2.26. The van der Waals surface area contributed by atoms with Gasteiger partial charge in [0.05, 0.1) is 12.4 Å². The van der Waals surface area contributed by atoms with Gasteiger partial charge in [-0.2, -0.15) is 9.89 Å². The van der Waals surface area contributed by atoms with E-state index in [1.54, 1.807) is 4.57 Å². The zero-order chi connectivity index (χ0) is 13.4. The third-order valence-electron chi connectivity index (χ3n) is 3.12. The lowest BCUT2D eigenvalue weighted by atomic mass is 10.2. The second kappa shape index (κ2) is 4.43. The quantitative estimate of drug-likeness (QED) is 0.759. The Labute approximate surface area is 106 Å². The Balaban J connectivity index is 1.98. The molecule has 0 aromatic carbocycles. The maximum Gasteiger partial charge on any atom is 0.280 e. The molecule has 2 aromatic heterocycles. The van der Waals surface area contributed by atoms with Gasteiger partial charge in [-0.05, 0) is 12.8 Å². The van der Waals surface area contributed by atoms with Crippen molar-refractivity contribution in [1.29, 1.82) is 0 Å². The zero-order valence-corrected chi connectivity index (χ0v) is 9.94. The molecule has 0 bridgehead atoms. The van der Waals surface area contributed by atoms with Gasteiger partial charge in [0.25, 0.3) is 5.56 Å². The molecular weight excluding hydrogens is 252 g/mol. The molecule has 3 heterocycles. The molecular formula is C10H12N6O3. The smallest absolute Gasteiger partial charge is 0.280 e. The third kappa shape index (κ3) is 1.97. The number of aromatic nitrogens is 4. The van der Waals surface area contributed by atoms with Gasteiger partial charge in [-0.25, -0.2) is 4.98 Å². The van der Waals surface area contributed by atoms with E-state index in [0.29, 0.717) is 12.1 Å². The van der Waals surface area contributed by atoms with Crippen molar-refractivity contribution in [2.75, 3.05) is 12.3 Å². The summed E-state index contributed by atoms with van der Waals surface area (Å²) in [5.74, 6) is 0.0309. The summed E-state index contributed by atoms with van der Waals surface area (Å²) in [5, 5.41) is 2.83. The summed E-state index contributed by atoms with van der Waals surface area (Å²) in [6.07, 6.45) is 2.44. The highest BCUT2D eigenvalue weighted by Gasteiger charge is 2.28. The predicted molar refractivity (Wildman–Crippen MR) is 66.4 cm³/mol. The van der Waals surface area contributed by atoms with Crippen LogP contribution in [0.5, 0.6) is 0 Å². The number of nitrogens with two attached hydrogens (primary N) is 1. The number of hydrogen-bond donors (Lipinski definition) is 2. The molecule has 0 saturated carbocycles. The first-order valence-electron chi connectivity index (χ1n) is 5.86. The number of hydrogen-bond acceptors (Lipinski definition) is 7. The van der Waals surface area contributed by atoms with Gasteiger partial charge in [0.15, 0.2) is 11.2 Å². The van der Waals surface area contributed by atoms with Gasteiger partial charge in [0.2, 0.25) is 5.95 Å². The minimum Gasteiger partial charge on any atom is -0.369 e. The first-order chi connectivity index (χ1) is 9.19. The van der Waals surface area contributed by atoms with Crippen LogP contribution in [-0.4, -0.2) is 32.2 Å². The zero-order valence-electron chi connectivity index (χ0n) is 9.94. The third-order valence-corrected chi connectivity index (χ3v) is 3.12. The molecule has 0 spiro atoms. The molecule has 1 aliphatic rings. The maximum absolute atomic E-state index is 11.6. The van der Waals surface area contributed by atoms with E-state index in [0.717, 1.165) is 6.42 Å². The van der Waals surface area contributed by atoms with Crippen LogP contribution in [0.1, 0.15) is 19.1 Å². The molecule has 0 aliphatic carbocycles. The van der Waals surface area contributed by atoms with Crippen molar-refractivity contribution in [2.24, 2.45) is 5.18 Å². The molecule has 19 heavy (non-hydrogen) atoms. The van der Waals surface area contributed by atoms with Crippen LogP contribution < -0.4 is 11.3 Å². The number of nitrogens with one attached hydrogen (secondary N) is 1. The monoisotopic (exact) mass is 264 g/mol. The SMILES string of the molecule is Nc1nc2c(ncn2[C@H]2CCC(CN=O)O2)c(=O)[nH]1. The van der Waals surface area contributed by atoms with E-state index in [1.165, 1.54) is 6.33 Å². The van der Waals surface area contributed by atoms with E-state index < -0.39 is 0 Å². The Kier molecular flexibility index (Phi) is 2.75. The van der Waals surface area contributed by atoms with Crippen molar-refractivity contribution in [3.05, 3.63) is 21.6 Å². The Morgan fingerprint density at radius 3 is 3.21 bits per heavy atom. The van der Waals surface area contributed by atoms with Gasteiger partial charge in [-0.15, -0.1) is 0 Å². The van der Waals surface area contributed by atoms with Gasteiger partial charge < -0.3 is 10.5 Å². The number of nitrogens with zero attached hydrogens (tertiary/aromatic N) is 4. The molecule has 0 radical (unpaired) electrons. The Hall–Kier alpha value is -2.29. The van der Waals surface area contributed by atoms with Crippen LogP contribution in [-0.2, 0) is 4.74 Å². The summed E-state index contributed by atoms with van der Waals surface area (Å²) in [6, 6.07) is 0. The van der Waals surface area contributed by atoms with Crippen LogP contribution in [0, 0.1) is 4.91 Å². The average molecular weight is 264 g/mol. The van der Waals surface area contributed by atoms with Crippen LogP contribution in [0.4, 0.5) is 5.95 Å². The van der Waals surface area contributed by atoms with E-state index in [-0.39, 0.29) is 35.9 Å². The lowest BCUT2D eigenvalue weighted by Gasteiger charge is -2.13. The Morgan fingerprint density at radius 2 is 2.42 bits per heavy atom. The van der Waals surface area contributed by atoms with Gasteiger partial charge in [-0.1, -0.05) is 5.18 Å². The van der Waals surface area contributed by atoms with Gasteiger partial charge in [0.1, 0.15) is 12.8 Å². The van der Waals surface area contributed by atoms with E-state index in [9.17, 15) is 9.70 Å². The number of aromatic amines is 1. The summed E-state index contributed by atoms with van der Waals surface area (Å²) >= 11 is 0. The summed E-state index contributed by atoms with van der Waals surface area (Å²) in [6.45, 7) is 0.124. The van der Waals surface area contributed by atoms with E-state index in [4.69, 9.17) is 10.5 Å². The summed E-state index contributed by atoms with van der Waals surface area (Å²) in [5.41, 5.74) is 5.74. The van der Waals surface area contributed by atoms with Crippen LogP contribution in [0.2, 0.25) is 0 Å². The molecule has 100 valence electrons. The highest BCUT2D eigenvalue weighted by atomic mass is 16.5. The van der Waals surface area contributed by atoms with Crippen molar-refractivity contribution in [3.63, 3.8) is 0 Å². The fourth-order valence-electron chi connectivity index (χ4n) is 2.26. The molecule has 2 aromatic rings. The molecule has 3 rings (SSSR count). The number of ether oxygens (including phenoxy) is 1. The first kappa shape index (κ1) is 11.8. The summed E-state index contributed by atoms with van der Waals surface area (Å²) in [7, 11) is 0. The Morgan fingerprint density at radius 1 is 1.58 bits per heavy atom. The standard InChI is InChI=1S/C10H12N6O3/c11-10-14-8-7(9(17)15-10)12-4-16(8)6-2-1-5(19-6)3-13-18/h4-6H,1-3H2,(H3,11,14,15,17)/t5?,6-/m1/s1. The molecule has 0 amide bonds.